The molecular weight excluding hydrogens is 476 g/mol. The summed E-state index contributed by atoms with van der Waals surface area (Å²) < 4.78 is 2.03. The maximum Gasteiger partial charge on any atom is 0.250 e. The molecule has 5 rings (SSSR count). The second-order valence-corrected chi connectivity index (χ2v) is 10.1. The van der Waals surface area contributed by atoms with Gasteiger partial charge in [0.15, 0.2) is 0 Å². The Balaban J connectivity index is 1.51. The number of fused-ring (bicyclic) bond motifs is 1. The minimum absolute atomic E-state index is 0.0732. The Kier molecular flexibility index (Phi) is 6.77. The third-order valence-electron chi connectivity index (χ3n) is 7.61. The molecular formula is C30H32N6O2. The van der Waals surface area contributed by atoms with Gasteiger partial charge in [-0.15, -0.1) is 6.42 Å². The van der Waals surface area contributed by atoms with Gasteiger partial charge >= 0.3 is 0 Å². The zero-order chi connectivity index (χ0) is 27.0. The highest BCUT2D eigenvalue weighted by molar-refractivity contribution is 6.05. The van der Waals surface area contributed by atoms with Crippen LogP contribution in [0, 0.1) is 18.3 Å². The molecule has 1 aliphatic heterocycles. The maximum absolute atomic E-state index is 13.2. The van der Waals surface area contributed by atoms with Gasteiger partial charge < -0.3 is 20.5 Å². The number of nitrogen functional groups attached to an aromatic ring is 1. The van der Waals surface area contributed by atoms with Crippen LogP contribution in [0.2, 0.25) is 0 Å². The molecule has 8 nitrogen and oxygen atoms in total. The van der Waals surface area contributed by atoms with Crippen LogP contribution in [0.1, 0.15) is 44.6 Å². The lowest BCUT2D eigenvalue weighted by molar-refractivity contribution is -0.135. The molecule has 1 aliphatic carbocycles. The summed E-state index contributed by atoms with van der Waals surface area (Å²) in [5, 5.41) is 3.66. The molecule has 1 aromatic carbocycles. The minimum Gasteiger partial charge on any atom is -0.383 e. The van der Waals surface area contributed by atoms with E-state index >= 15 is 0 Å². The predicted molar refractivity (Wildman–Crippen MR) is 151 cm³/mol. The van der Waals surface area contributed by atoms with Crippen molar-refractivity contribution in [2.24, 2.45) is 13.0 Å². The van der Waals surface area contributed by atoms with E-state index in [2.05, 4.69) is 33.9 Å². The van der Waals surface area contributed by atoms with Crippen molar-refractivity contribution in [2.45, 2.75) is 45.1 Å². The first-order valence-corrected chi connectivity index (χ1v) is 12.9. The van der Waals surface area contributed by atoms with Gasteiger partial charge in [0.1, 0.15) is 17.8 Å². The molecule has 0 saturated carbocycles. The number of hydrogen-bond acceptors (Lipinski definition) is 5. The van der Waals surface area contributed by atoms with Crippen LogP contribution < -0.4 is 11.1 Å². The van der Waals surface area contributed by atoms with Gasteiger partial charge in [-0.2, -0.15) is 0 Å². The normalized spacial score (nSPS) is 19.2. The van der Waals surface area contributed by atoms with Crippen LogP contribution in [0.15, 0.2) is 48.8 Å². The topological polar surface area (TPSA) is 106 Å². The third-order valence-corrected chi connectivity index (χ3v) is 7.61. The summed E-state index contributed by atoms with van der Waals surface area (Å²) in [7, 11) is 1.97. The monoisotopic (exact) mass is 508 g/mol. The quantitative estimate of drug-likeness (QED) is 0.389. The van der Waals surface area contributed by atoms with Crippen LogP contribution in [-0.4, -0.2) is 43.8 Å². The van der Waals surface area contributed by atoms with E-state index in [9.17, 15) is 9.59 Å². The van der Waals surface area contributed by atoms with Gasteiger partial charge in [-0.1, -0.05) is 30.7 Å². The fourth-order valence-corrected chi connectivity index (χ4v) is 5.60. The molecule has 2 amide bonds. The molecule has 2 aromatic heterocycles. The molecule has 0 spiro atoms. The summed E-state index contributed by atoms with van der Waals surface area (Å²) in [6, 6.07) is 7.59. The van der Waals surface area contributed by atoms with Crippen molar-refractivity contribution in [3.05, 3.63) is 54.4 Å². The van der Waals surface area contributed by atoms with Crippen LogP contribution in [0.3, 0.4) is 0 Å². The molecule has 1 fully saturated rings. The van der Waals surface area contributed by atoms with E-state index in [0.29, 0.717) is 23.5 Å². The molecule has 38 heavy (non-hydrogen) atoms. The number of nitrogens with one attached hydrogen (secondary N) is 1. The summed E-state index contributed by atoms with van der Waals surface area (Å²) in [6.45, 7) is 6.10. The van der Waals surface area contributed by atoms with Gasteiger partial charge in [0, 0.05) is 36.3 Å². The molecule has 0 bridgehead atoms. The van der Waals surface area contributed by atoms with Gasteiger partial charge in [-0.25, -0.2) is 9.97 Å². The van der Waals surface area contributed by atoms with Gasteiger partial charge in [0.25, 0.3) is 5.91 Å². The fourth-order valence-electron chi connectivity index (χ4n) is 5.60. The number of terminal acetylenes is 1. The number of nitrogens with two attached hydrogens (primary N) is 1. The number of aryl methyl sites for hydroxylation is 1. The SMILES string of the molecule is C#CC1CCCN1C(=O)[C@H]1CC=C(c2c(-c3ccc(NC(=O)C(=C)C)cc3)n(C)c3ncnc(N)c23)CC1. The van der Waals surface area contributed by atoms with Crippen LogP contribution >= 0.6 is 0 Å². The molecule has 194 valence electrons. The van der Waals surface area contributed by atoms with E-state index in [0.717, 1.165) is 65.7 Å². The Morgan fingerprint density at radius 2 is 1.97 bits per heavy atom. The summed E-state index contributed by atoms with van der Waals surface area (Å²) in [5.74, 6) is 3.07. The smallest absolute Gasteiger partial charge is 0.250 e. The number of likely N-dealkylation sites (tertiary alicyclic amines) is 1. The first-order valence-electron chi connectivity index (χ1n) is 12.9. The molecule has 8 heteroatoms. The maximum atomic E-state index is 13.2. The average molecular weight is 509 g/mol. The van der Waals surface area contributed by atoms with Crippen molar-refractivity contribution in [3.8, 4) is 23.6 Å². The summed E-state index contributed by atoms with van der Waals surface area (Å²) in [4.78, 5) is 36.0. The molecule has 2 aliphatic rings. The largest absolute Gasteiger partial charge is 0.383 e. The van der Waals surface area contributed by atoms with Gasteiger partial charge in [-0.3, -0.25) is 9.59 Å². The summed E-state index contributed by atoms with van der Waals surface area (Å²) >= 11 is 0. The van der Waals surface area contributed by atoms with Crippen molar-refractivity contribution < 1.29 is 9.59 Å². The number of aromatic nitrogens is 3. The molecule has 3 N–H and O–H groups in total. The number of benzene rings is 1. The minimum atomic E-state index is -0.218. The Labute approximate surface area is 222 Å². The highest BCUT2D eigenvalue weighted by atomic mass is 16.2. The standard InChI is InChI=1S/C30H32N6O2/c1-5-23-7-6-16-36(23)30(38)21-10-8-19(9-11-21)24-25-27(31)32-17-33-28(25)35(4)26(24)20-12-14-22(15-13-20)34-29(37)18(2)3/h1,8,12-15,17,21,23H,2,6-7,9-11,16H2,3-4H3,(H,34,37)(H2,31,32,33)/t21-,23?/m0/s1. The Hall–Kier alpha value is -4.38. The van der Waals surface area contributed by atoms with Crippen LogP contribution in [0.5, 0.6) is 0 Å². The number of rotatable bonds is 5. The second-order valence-electron chi connectivity index (χ2n) is 10.1. The number of amides is 2. The number of nitrogens with zero attached hydrogens (tertiary/aromatic N) is 4. The highest BCUT2D eigenvalue weighted by Crippen LogP contribution is 2.43. The van der Waals surface area contributed by atoms with Crippen molar-refractivity contribution in [1.82, 2.24) is 19.4 Å². The molecule has 0 radical (unpaired) electrons. The molecule has 3 aromatic rings. The molecule has 2 atom stereocenters. The van der Waals surface area contributed by atoms with Crippen LogP contribution in [0.25, 0.3) is 27.9 Å². The van der Waals surface area contributed by atoms with Crippen LogP contribution in [0.4, 0.5) is 11.5 Å². The lowest BCUT2D eigenvalue weighted by Gasteiger charge is -2.28. The lowest BCUT2D eigenvalue weighted by Crippen LogP contribution is -2.39. The molecule has 1 saturated heterocycles. The fraction of sp³-hybridized carbons (Fsp3) is 0.333. The Bertz CT molecular complexity index is 1510. The highest BCUT2D eigenvalue weighted by Gasteiger charge is 2.34. The van der Waals surface area contributed by atoms with Crippen LogP contribution in [-0.2, 0) is 16.6 Å². The van der Waals surface area contributed by atoms with Crippen molar-refractivity contribution in [1.29, 1.82) is 0 Å². The van der Waals surface area contributed by atoms with Gasteiger partial charge in [0.2, 0.25) is 5.91 Å². The first-order chi connectivity index (χ1) is 18.3. The van der Waals surface area contributed by atoms with E-state index in [1.54, 1.807) is 6.92 Å². The number of hydrogen-bond donors (Lipinski definition) is 2. The van der Waals surface area contributed by atoms with E-state index in [4.69, 9.17) is 12.2 Å². The predicted octanol–water partition coefficient (Wildman–Crippen LogP) is 4.54. The van der Waals surface area contributed by atoms with Crippen molar-refractivity contribution in [2.75, 3.05) is 17.6 Å². The number of anilines is 2. The first kappa shape index (κ1) is 25.3. The van der Waals surface area contributed by atoms with E-state index in [-0.39, 0.29) is 23.8 Å². The second kappa shape index (κ2) is 10.2. The Morgan fingerprint density at radius 3 is 2.63 bits per heavy atom. The van der Waals surface area contributed by atoms with Gasteiger partial charge in [0.05, 0.1) is 17.1 Å². The third kappa shape index (κ3) is 4.45. The van der Waals surface area contributed by atoms with Crippen molar-refractivity contribution >= 4 is 39.9 Å². The number of allylic oxidation sites excluding steroid dienone is 2. The van der Waals surface area contributed by atoms with E-state index in [1.165, 1.54) is 6.33 Å². The summed E-state index contributed by atoms with van der Waals surface area (Å²) in [6.07, 6.45) is 13.3. The summed E-state index contributed by atoms with van der Waals surface area (Å²) in [5.41, 5.74) is 12.3. The average Bonchev–Trinajstić information content (AvgIpc) is 3.52. The lowest BCUT2D eigenvalue weighted by atomic mass is 9.84. The Morgan fingerprint density at radius 1 is 1.21 bits per heavy atom. The van der Waals surface area contributed by atoms with Gasteiger partial charge in [-0.05, 0) is 62.3 Å². The zero-order valence-corrected chi connectivity index (χ0v) is 21.8. The number of carbonyl (C=O) groups excluding carboxylic acids is 2. The molecule has 3 heterocycles. The number of carbonyl (C=O) groups is 2. The zero-order valence-electron chi connectivity index (χ0n) is 21.8. The van der Waals surface area contributed by atoms with Crippen molar-refractivity contribution in [3.63, 3.8) is 0 Å². The van der Waals surface area contributed by atoms with E-state index in [1.807, 2.05) is 40.8 Å². The molecule has 1 unspecified atom stereocenters. The van der Waals surface area contributed by atoms with E-state index < -0.39 is 0 Å².